The Morgan fingerprint density at radius 3 is 2.40 bits per heavy atom. The Kier molecular flexibility index (Phi) is 4.17. The van der Waals surface area contributed by atoms with Gasteiger partial charge in [0.2, 0.25) is 0 Å². The van der Waals surface area contributed by atoms with Crippen LogP contribution in [0.5, 0.6) is 0 Å². The molecule has 20 heavy (non-hydrogen) atoms. The van der Waals surface area contributed by atoms with Gasteiger partial charge in [-0.25, -0.2) is 17.2 Å². The van der Waals surface area contributed by atoms with Crippen molar-refractivity contribution in [3.05, 3.63) is 58.1 Å². The topological polar surface area (TPSA) is 46.2 Å². The standard InChI is InChI=1S/C12H7Cl2F2NO2S/c13-8-2-1-3-10(12(8)14)17-20(18,19)11-5-4-7(15)6-9(11)16/h1-6,17H. The van der Waals surface area contributed by atoms with Crippen LogP contribution in [0.4, 0.5) is 14.5 Å². The molecule has 0 saturated heterocycles. The number of anilines is 1. The Balaban J connectivity index is 2.44. The van der Waals surface area contributed by atoms with Gasteiger partial charge in [0, 0.05) is 6.07 Å². The predicted molar refractivity (Wildman–Crippen MR) is 73.6 cm³/mol. The Bertz CT molecular complexity index is 766. The molecular weight excluding hydrogens is 331 g/mol. The average Bonchev–Trinajstić information content (AvgIpc) is 2.34. The minimum absolute atomic E-state index is 0.00268. The van der Waals surface area contributed by atoms with Crippen LogP contribution in [0.1, 0.15) is 0 Å². The Morgan fingerprint density at radius 2 is 1.75 bits per heavy atom. The third kappa shape index (κ3) is 3.03. The lowest BCUT2D eigenvalue weighted by Gasteiger charge is -2.10. The van der Waals surface area contributed by atoms with Crippen molar-refractivity contribution >= 4 is 38.9 Å². The molecule has 0 fully saturated rings. The molecule has 8 heteroatoms. The quantitative estimate of drug-likeness (QED) is 0.917. The van der Waals surface area contributed by atoms with Gasteiger partial charge < -0.3 is 0 Å². The van der Waals surface area contributed by atoms with Gasteiger partial charge in [-0.15, -0.1) is 0 Å². The first-order valence-corrected chi connectivity index (χ1v) is 7.47. The first kappa shape index (κ1) is 15.0. The van der Waals surface area contributed by atoms with E-state index in [9.17, 15) is 17.2 Å². The zero-order valence-electron chi connectivity index (χ0n) is 9.70. The molecule has 0 aliphatic rings. The second kappa shape index (κ2) is 5.55. The maximum Gasteiger partial charge on any atom is 0.264 e. The van der Waals surface area contributed by atoms with E-state index in [-0.39, 0.29) is 15.7 Å². The molecule has 0 aliphatic heterocycles. The van der Waals surface area contributed by atoms with Crippen LogP contribution >= 0.6 is 23.2 Å². The van der Waals surface area contributed by atoms with Crippen LogP contribution < -0.4 is 4.72 Å². The first-order valence-electron chi connectivity index (χ1n) is 5.23. The smallest absolute Gasteiger partial charge is 0.264 e. The molecule has 2 aromatic carbocycles. The van der Waals surface area contributed by atoms with Crippen molar-refractivity contribution in [1.82, 2.24) is 0 Å². The van der Waals surface area contributed by atoms with E-state index in [0.717, 1.165) is 12.1 Å². The second-order valence-corrected chi connectivity index (χ2v) is 6.22. The summed E-state index contributed by atoms with van der Waals surface area (Å²) in [6.07, 6.45) is 0. The summed E-state index contributed by atoms with van der Waals surface area (Å²) in [6.45, 7) is 0. The maximum atomic E-state index is 13.5. The van der Waals surface area contributed by atoms with Crippen LogP contribution in [0.15, 0.2) is 41.3 Å². The van der Waals surface area contributed by atoms with Gasteiger partial charge in [0.25, 0.3) is 10.0 Å². The highest BCUT2D eigenvalue weighted by molar-refractivity contribution is 7.92. The van der Waals surface area contributed by atoms with Gasteiger partial charge in [0.15, 0.2) is 0 Å². The Hall–Kier alpha value is -1.37. The monoisotopic (exact) mass is 337 g/mol. The third-order valence-electron chi connectivity index (χ3n) is 2.38. The van der Waals surface area contributed by atoms with Crippen LogP contribution in [-0.4, -0.2) is 8.42 Å². The molecule has 0 spiro atoms. The summed E-state index contributed by atoms with van der Waals surface area (Å²) in [4.78, 5) is -0.685. The highest BCUT2D eigenvalue weighted by Gasteiger charge is 2.21. The fraction of sp³-hybridized carbons (Fsp3) is 0. The predicted octanol–water partition coefficient (Wildman–Crippen LogP) is 4.07. The van der Waals surface area contributed by atoms with E-state index in [1.807, 2.05) is 0 Å². The van der Waals surface area contributed by atoms with E-state index in [1.165, 1.54) is 18.2 Å². The van der Waals surface area contributed by atoms with Gasteiger partial charge in [-0.2, -0.15) is 0 Å². The van der Waals surface area contributed by atoms with E-state index in [0.29, 0.717) is 6.07 Å². The number of hydrogen-bond acceptors (Lipinski definition) is 2. The van der Waals surface area contributed by atoms with Crippen LogP contribution in [0, 0.1) is 11.6 Å². The minimum Gasteiger partial charge on any atom is -0.278 e. The van der Waals surface area contributed by atoms with E-state index in [1.54, 1.807) is 0 Å². The lowest BCUT2D eigenvalue weighted by Crippen LogP contribution is -2.15. The molecule has 0 atom stereocenters. The zero-order valence-corrected chi connectivity index (χ0v) is 12.0. The highest BCUT2D eigenvalue weighted by Crippen LogP contribution is 2.31. The van der Waals surface area contributed by atoms with Crippen molar-refractivity contribution < 1.29 is 17.2 Å². The van der Waals surface area contributed by atoms with Gasteiger partial charge >= 0.3 is 0 Å². The molecule has 2 aromatic rings. The number of sulfonamides is 1. The molecule has 0 bridgehead atoms. The summed E-state index contributed by atoms with van der Waals surface area (Å²) in [5, 5.41) is 0.131. The molecule has 1 N–H and O–H groups in total. The molecule has 0 saturated carbocycles. The van der Waals surface area contributed by atoms with E-state index in [4.69, 9.17) is 23.2 Å². The van der Waals surface area contributed by atoms with Gasteiger partial charge in [-0.3, -0.25) is 4.72 Å². The van der Waals surface area contributed by atoms with Crippen LogP contribution in [0.25, 0.3) is 0 Å². The number of rotatable bonds is 3. The van der Waals surface area contributed by atoms with Crippen molar-refractivity contribution in [3.63, 3.8) is 0 Å². The number of benzene rings is 2. The van der Waals surface area contributed by atoms with Crippen molar-refractivity contribution in [2.45, 2.75) is 4.90 Å². The molecular formula is C12H7Cl2F2NO2S. The molecule has 106 valence electrons. The van der Waals surface area contributed by atoms with Crippen molar-refractivity contribution in [2.24, 2.45) is 0 Å². The third-order valence-corrected chi connectivity index (χ3v) is 4.60. The maximum absolute atomic E-state index is 13.5. The average molecular weight is 338 g/mol. The Morgan fingerprint density at radius 1 is 1.05 bits per heavy atom. The van der Waals surface area contributed by atoms with Crippen LogP contribution in [0.3, 0.4) is 0 Å². The zero-order chi connectivity index (χ0) is 14.9. The Labute approximate surface area is 124 Å². The van der Waals surface area contributed by atoms with Gasteiger partial charge in [-0.05, 0) is 24.3 Å². The molecule has 0 aliphatic carbocycles. The number of halogens is 4. The molecule has 2 rings (SSSR count). The number of nitrogens with one attached hydrogen (secondary N) is 1. The van der Waals surface area contributed by atoms with Crippen molar-refractivity contribution in [2.75, 3.05) is 4.72 Å². The van der Waals surface area contributed by atoms with E-state index in [2.05, 4.69) is 4.72 Å². The van der Waals surface area contributed by atoms with Gasteiger partial charge in [0.05, 0.1) is 15.7 Å². The second-order valence-electron chi connectivity index (χ2n) is 3.78. The molecule has 0 radical (unpaired) electrons. The minimum atomic E-state index is -4.23. The lowest BCUT2D eigenvalue weighted by atomic mass is 10.3. The van der Waals surface area contributed by atoms with E-state index < -0.39 is 26.6 Å². The summed E-state index contributed by atoms with van der Waals surface area (Å²) in [6, 6.07) is 6.47. The SMILES string of the molecule is O=S(=O)(Nc1cccc(Cl)c1Cl)c1ccc(F)cc1F. The largest absolute Gasteiger partial charge is 0.278 e. The van der Waals surface area contributed by atoms with Crippen molar-refractivity contribution in [3.8, 4) is 0 Å². The first-order chi connectivity index (χ1) is 9.31. The molecule has 0 heterocycles. The lowest BCUT2D eigenvalue weighted by molar-refractivity contribution is 0.551. The summed E-state index contributed by atoms with van der Waals surface area (Å²) < 4.78 is 52.4. The van der Waals surface area contributed by atoms with Crippen LogP contribution in [-0.2, 0) is 10.0 Å². The van der Waals surface area contributed by atoms with Crippen LogP contribution in [0.2, 0.25) is 10.0 Å². The molecule has 0 unspecified atom stereocenters. The van der Waals surface area contributed by atoms with Crippen molar-refractivity contribution in [1.29, 1.82) is 0 Å². The fourth-order valence-corrected chi connectivity index (χ4v) is 3.01. The highest BCUT2D eigenvalue weighted by atomic mass is 35.5. The summed E-state index contributed by atoms with van der Waals surface area (Å²) >= 11 is 11.6. The summed E-state index contributed by atoms with van der Waals surface area (Å²) in [7, 11) is -4.23. The van der Waals surface area contributed by atoms with Gasteiger partial charge in [-0.1, -0.05) is 29.3 Å². The molecule has 0 amide bonds. The normalized spacial score (nSPS) is 11.4. The van der Waals surface area contributed by atoms with E-state index >= 15 is 0 Å². The fourth-order valence-electron chi connectivity index (χ4n) is 1.48. The summed E-state index contributed by atoms with van der Waals surface area (Å²) in [5.74, 6) is -2.07. The molecule has 3 nitrogen and oxygen atoms in total. The molecule has 0 aromatic heterocycles. The van der Waals surface area contributed by atoms with Gasteiger partial charge in [0.1, 0.15) is 16.5 Å². The summed E-state index contributed by atoms with van der Waals surface area (Å²) in [5.41, 5.74) is 0.00268. The number of hydrogen-bond donors (Lipinski definition) is 1.